The fourth-order valence-electron chi connectivity index (χ4n) is 1.70. The van der Waals surface area contributed by atoms with E-state index in [1.807, 2.05) is 0 Å². The van der Waals surface area contributed by atoms with E-state index in [0.29, 0.717) is 19.3 Å². The van der Waals surface area contributed by atoms with Crippen molar-refractivity contribution in [2.75, 3.05) is 6.61 Å². The van der Waals surface area contributed by atoms with Gasteiger partial charge in [-0.05, 0) is 24.8 Å². The highest BCUT2D eigenvalue weighted by Crippen LogP contribution is 2.49. The molecular formula is C12H14F2O. The van der Waals surface area contributed by atoms with Crippen LogP contribution in [-0.2, 0) is 12.3 Å². The minimum atomic E-state index is -2.67. The number of aliphatic hydroxyl groups is 1. The summed E-state index contributed by atoms with van der Waals surface area (Å²) < 4.78 is 27.2. The Hall–Kier alpha value is -0.960. The van der Waals surface area contributed by atoms with Gasteiger partial charge >= 0.3 is 0 Å². The van der Waals surface area contributed by atoms with Crippen molar-refractivity contribution in [1.82, 2.24) is 0 Å². The lowest BCUT2D eigenvalue weighted by atomic mass is 10.0. The number of halogens is 2. The zero-order valence-corrected chi connectivity index (χ0v) is 8.42. The first kappa shape index (κ1) is 10.6. The van der Waals surface area contributed by atoms with Gasteiger partial charge in [-0.1, -0.05) is 24.3 Å². The minimum Gasteiger partial charge on any atom is -0.396 e. The molecular weight excluding hydrogens is 198 g/mol. The van der Waals surface area contributed by atoms with E-state index in [2.05, 4.69) is 0 Å². The summed E-state index contributed by atoms with van der Waals surface area (Å²) in [6.45, 7) is 0.0539. The molecule has 2 rings (SSSR count). The SMILES string of the molecule is OCCc1ccc(C(F)(F)C2CC2)cc1. The molecule has 0 aliphatic heterocycles. The van der Waals surface area contributed by atoms with Gasteiger partial charge in [-0.15, -0.1) is 0 Å². The number of hydrogen-bond acceptors (Lipinski definition) is 1. The van der Waals surface area contributed by atoms with E-state index in [0.717, 1.165) is 5.56 Å². The van der Waals surface area contributed by atoms with E-state index in [1.54, 1.807) is 12.1 Å². The van der Waals surface area contributed by atoms with Crippen LogP contribution >= 0.6 is 0 Å². The van der Waals surface area contributed by atoms with Crippen molar-refractivity contribution < 1.29 is 13.9 Å². The third-order valence-corrected chi connectivity index (χ3v) is 2.83. The first-order valence-corrected chi connectivity index (χ1v) is 5.22. The highest BCUT2D eigenvalue weighted by atomic mass is 19.3. The van der Waals surface area contributed by atoms with Gasteiger partial charge in [-0.3, -0.25) is 0 Å². The molecule has 0 atom stereocenters. The molecule has 15 heavy (non-hydrogen) atoms. The molecule has 1 fully saturated rings. The number of aliphatic hydroxyl groups excluding tert-OH is 1. The Balaban J connectivity index is 2.15. The summed E-state index contributed by atoms with van der Waals surface area (Å²) in [5.74, 6) is -3.13. The summed E-state index contributed by atoms with van der Waals surface area (Å²) in [4.78, 5) is 0. The van der Waals surface area contributed by atoms with Gasteiger partial charge < -0.3 is 5.11 Å². The van der Waals surface area contributed by atoms with Crippen LogP contribution in [0.5, 0.6) is 0 Å². The van der Waals surface area contributed by atoms with E-state index < -0.39 is 11.8 Å². The molecule has 0 spiro atoms. The molecule has 1 aliphatic carbocycles. The fraction of sp³-hybridized carbons (Fsp3) is 0.500. The Morgan fingerprint density at radius 1 is 1.20 bits per heavy atom. The average molecular weight is 212 g/mol. The first-order chi connectivity index (χ1) is 7.14. The van der Waals surface area contributed by atoms with Crippen LogP contribution in [0.1, 0.15) is 24.0 Å². The van der Waals surface area contributed by atoms with Crippen LogP contribution in [0.25, 0.3) is 0 Å². The van der Waals surface area contributed by atoms with E-state index in [1.165, 1.54) is 12.1 Å². The Kier molecular flexibility index (Phi) is 2.74. The molecule has 1 saturated carbocycles. The Labute approximate surface area is 87.7 Å². The monoisotopic (exact) mass is 212 g/mol. The predicted molar refractivity (Wildman–Crippen MR) is 53.8 cm³/mol. The van der Waals surface area contributed by atoms with Crippen LogP contribution in [0.4, 0.5) is 8.78 Å². The fourth-order valence-corrected chi connectivity index (χ4v) is 1.70. The van der Waals surface area contributed by atoms with Gasteiger partial charge in [0, 0.05) is 18.1 Å². The van der Waals surface area contributed by atoms with E-state index in [-0.39, 0.29) is 12.2 Å². The second-order valence-electron chi connectivity index (χ2n) is 4.07. The van der Waals surface area contributed by atoms with Crippen LogP contribution in [0.3, 0.4) is 0 Å². The quantitative estimate of drug-likeness (QED) is 0.813. The van der Waals surface area contributed by atoms with Crippen molar-refractivity contribution in [3.8, 4) is 0 Å². The molecule has 1 aromatic rings. The largest absolute Gasteiger partial charge is 0.396 e. The van der Waals surface area contributed by atoms with Crippen molar-refractivity contribution in [2.45, 2.75) is 25.2 Å². The Bertz CT molecular complexity index is 328. The summed E-state index contributed by atoms with van der Waals surface area (Å²) in [5.41, 5.74) is 1.000. The lowest BCUT2D eigenvalue weighted by Gasteiger charge is -2.16. The first-order valence-electron chi connectivity index (χ1n) is 5.22. The number of hydrogen-bond donors (Lipinski definition) is 1. The molecule has 3 heteroatoms. The molecule has 0 heterocycles. The number of benzene rings is 1. The maximum Gasteiger partial charge on any atom is 0.276 e. The third kappa shape index (κ3) is 2.17. The minimum absolute atomic E-state index is 0.0539. The Morgan fingerprint density at radius 3 is 2.27 bits per heavy atom. The second kappa shape index (κ2) is 3.89. The molecule has 0 unspecified atom stereocenters. The van der Waals surface area contributed by atoms with E-state index in [4.69, 9.17) is 5.11 Å². The third-order valence-electron chi connectivity index (χ3n) is 2.83. The van der Waals surface area contributed by atoms with Gasteiger partial charge in [-0.25, -0.2) is 8.78 Å². The lowest BCUT2D eigenvalue weighted by Crippen LogP contribution is -2.15. The van der Waals surface area contributed by atoms with Crippen LogP contribution < -0.4 is 0 Å². The summed E-state index contributed by atoms with van der Waals surface area (Å²) in [6.07, 6.45) is 1.78. The molecule has 0 radical (unpaired) electrons. The van der Waals surface area contributed by atoms with E-state index in [9.17, 15) is 8.78 Å². The topological polar surface area (TPSA) is 20.2 Å². The molecule has 1 N–H and O–H groups in total. The molecule has 0 saturated heterocycles. The molecule has 0 amide bonds. The smallest absolute Gasteiger partial charge is 0.276 e. The standard InChI is InChI=1S/C12H14F2O/c13-12(14,11-5-6-11)10-3-1-9(2-4-10)7-8-15/h1-4,11,15H,5-8H2. The van der Waals surface area contributed by atoms with Crippen molar-refractivity contribution in [1.29, 1.82) is 0 Å². The molecule has 82 valence electrons. The summed E-state index contributed by atoms with van der Waals surface area (Å²) in [7, 11) is 0. The second-order valence-corrected chi connectivity index (χ2v) is 4.07. The van der Waals surface area contributed by atoms with Crippen LogP contribution in [0.15, 0.2) is 24.3 Å². The van der Waals surface area contributed by atoms with Gasteiger partial charge in [0.25, 0.3) is 5.92 Å². The van der Waals surface area contributed by atoms with Crippen molar-refractivity contribution in [3.05, 3.63) is 35.4 Å². The van der Waals surface area contributed by atoms with Gasteiger partial charge in [0.1, 0.15) is 0 Å². The van der Waals surface area contributed by atoms with Crippen LogP contribution in [-0.4, -0.2) is 11.7 Å². The molecule has 1 aliphatic rings. The maximum atomic E-state index is 13.6. The highest BCUT2D eigenvalue weighted by molar-refractivity contribution is 5.27. The van der Waals surface area contributed by atoms with Gasteiger partial charge in [0.2, 0.25) is 0 Å². The van der Waals surface area contributed by atoms with Crippen LogP contribution in [0.2, 0.25) is 0 Å². The summed E-state index contributed by atoms with van der Waals surface area (Å²) in [5, 5.41) is 8.70. The molecule has 0 aromatic heterocycles. The molecule has 1 aromatic carbocycles. The average Bonchev–Trinajstić information content (AvgIpc) is 3.02. The highest BCUT2D eigenvalue weighted by Gasteiger charge is 2.47. The maximum absolute atomic E-state index is 13.6. The van der Waals surface area contributed by atoms with Gasteiger partial charge in [0.05, 0.1) is 0 Å². The molecule has 1 nitrogen and oxygen atoms in total. The lowest BCUT2D eigenvalue weighted by molar-refractivity contribution is -0.0285. The number of alkyl halides is 2. The van der Waals surface area contributed by atoms with Gasteiger partial charge in [0.15, 0.2) is 0 Å². The normalized spacial score (nSPS) is 16.7. The van der Waals surface area contributed by atoms with Crippen molar-refractivity contribution >= 4 is 0 Å². The molecule has 0 bridgehead atoms. The van der Waals surface area contributed by atoms with Gasteiger partial charge in [-0.2, -0.15) is 0 Å². The van der Waals surface area contributed by atoms with Crippen molar-refractivity contribution in [2.24, 2.45) is 5.92 Å². The zero-order chi connectivity index (χ0) is 10.9. The zero-order valence-electron chi connectivity index (χ0n) is 8.42. The Morgan fingerprint density at radius 2 is 1.80 bits per heavy atom. The van der Waals surface area contributed by atoms with Crippen molar-refractivity contribution in [3.63, 3.8) is 0 Å². The van der Waals surface area contributed by atoms with Crippen LogP contribution in [0, 0.1) is 5.92 Å². The predicted octanol–water partition coefficient (Wildman–Crippen LogP) is 2.72. The summed E-state index contributed by atoms with van der Waals surface area (Å²) in [6, 6.07) is 6.29. The summed E-state index contributed by atoms with van der Waals surface area (Å²) >= 11 is 0. The number of rotatable bonds is 4. The van der Waals surface area contributed by atoms with E-state index >= 15 is 0 Å².